The van der Waals surface area contributed by atoms with Gasteiger partial charge >= 0.3 is 11.3 Å². The number of phenols is 3. The van der Waals surface area contributed by atoms with Crippen LogP contribution in [0.1, 0.15) is 6.92 Å². The molecular formula is C27H31O15+. The molecule has 0 spiro atoms. The van der Waals surface area contributed by atoms with Crippen molar-refractivity contribution in [1.29, 1.82) is 0 Å². The number of aliphatic hydroxyl groups excluding tert-OH is 7. The van der Waals surface area contributed by atoms with Crippen LogP contribution in [0.4, 0.5) is 0 Å². The Balaban J connectivity index is 1.55. The summed E-state index contributed by atoms with van der Waals surface area (Å²) < 4.78 is 28.3. The van der Waals surface area contributed by atoms with Crippen LogP contribution in [0, 0.1) is 0 Å². The number of hydrogen-bond donors (Lipinski definition) is 10. The van der Waals surface area contributed by atoms with Crippen LogP contribution >= 0.6 is 0 Å². The lowest BCUT2D eigenvalue weighted by Crippen LogP contribution is -2.60. The molecule has 3 heterocycles. The van der Waals surface area contributed by atoms with E-state index in [0.717, 1.165) is 12.1 Å². The van der Waals surface area contributed by atoms with Crippen LogP contribution in [0.3, 0.4) is 0 Å². The van der Waals surface area contributed by atoms with Gasteiger partial charge in [-0.05, 0) is 19.1 Å². The average Bonchev–Trinajstić information content (AvgIpc) is 2.96. The van der Waals surface area contributed by atoms with Crippen molar-refractivity contribution in [3.63, 3.8) is 0 Å². The molecule has 2 aliphatic rings. The normalized spacial score (nSPS) is 33.4. The lowest BCUT2D eigenvalue weighted by Gasteiger charge is -2.39. The summed E-state index contributed by atoms with van der Waals surface area (Å²) in [5, 5.41) is 101. The van der Waals surface area contributed by atoms with Crippen molar-refractivity contribution >= 4 is 11.0 Å². The molecule has 15 nitrogen and oxygen atoms in total. The van der Waals surface area contributed by atoms with E-state index in [1.165, 1.54) is 31.2 Å². The molecule has 5 unspecified atom stereocenters. The van der Waals surface area contributed by atoms with Gasteiger partial charge in [0.05, 0.1) is 24.3 Å². The molecule has 42 heavy (non-hydrogen) atoms. The maximum absolute atomic E-state index is 10.8. The van der Waals surface area contributed by atoms with Crippen molar-refractivity contribution in [3.8, 4) is 40.1 Å². The summed E-state index contributed by atoms with van der Waals surface area (Å²) in [7, 11) is 0. The maximum Gasteiger partial charge on any atom is 0.402 e. The molecule has 10 atom stereocenters. The van der Waals surface area contributed by atoms with E-state index in [2.05, 4.69) is 0 Å². The van der Waals surface area contributed by atoms with Crippen LogP contribution in [0.5, 0.6) is 28.7 Å². The Morgan fingerprint density at radius 2 is 1.38 bits per heavy atom. The minimum Gasteiger partial charge on any atom is -0.507 e. The van der Waals surface area contributed by atoms with Crippen LogP contribution in [0.2, 0.25) is 0 Å². The van der Waals surface area contributed by atoms with Gasteiger partial charge in [0, 0.05) is 18.2 Å². The van der Waals surface area contributed by atoms with Gasteiger partial charge in [-0.2, -0.15) is 0 Å². The highest BCUT2D eigenvalue weighted by Crippen LogP contribution is 2.42. The highest BCUT2D eigenvalue weighted by molar-refractivity contribution is 5.88. The van der Waals surface area contributed by atoms with Crippen molar-refractivity contribution in [2.75, 3.05) is 6.61 Å². The molecule has 228 valence electrons. The first-order valence-corrected chi connectivity index (χ1v) is 12.9. The second-order valence-electron chi connectivity index (χ2n) is 10.1. The first-order chi connectivity index (χ1) is 19.9. The molecule has 0 bridgehead atoms. The zero-order valence-corrected chi connectivity index (χ0v) is 22.0. The number of aliphatic hydroxyl groups is 7. The highest BCUT2D eigenvalue weighted by Gasteiger charge is 2.46. The molecule has 2 fully saturated rings. The molecule has 0 radical (unpaired) electrons. The lowest BCUT2D eigenvalue weighted by atomic mass is 9.99. The summed E-state index contributed by atoms with van der Waals surface area (Å²) in [6.07, 6.45) is -14.9. The van der Waals surface area contributed by atoms with Crippen LogP contribution in [0.15, 0.2) is 40.8 Å². The molecule has 2 saturated heterocycles. The predicted molar refractivity (Wildman–Crippen MR) is 138 cm³/mol. The number of ether oxygens (including phenoxy) is 4. The van der Waals surface area contributed by atoms with Gasteiger partial charge in [0.2, 0.25) is 18.3 Å². The fourth-order valence-corrected chi connectivity index (χ4v) is 4.73. The Kier molecular flexibility index (Phi) is 8.30. The van der Waals surface area contributed by atoms with Gasteiger partial charge in [-0.15, -0.1) is 0 Å². The second-order valence-corrected chi connectivity index (χ2v) is 10.1. The molecule has 2 aliphatic heterocycles. The Morgan fingerprint density at radius 3 is 2.05 bits per heavy atom. The van der Waals surface area contributed by atoms with E-state index in [1.54, 1.807) is 0 Å². The molecule has 1 aromatic heterocycles. The van der Waals surface area contributed by atoms with Crippen molar-refractivity contribution in [2.24, 2.45) is 0 Å². The topological polar surface area (TPSA) is 251 Å². The van der Waals surface area contributed by atoms with Crippen molar-refractivity contribution in [1.82, 2.24) is 0 Å². The largest absolute Gasteiger partial charge is 0.507 e. The summed E-state index contributed by atoms with van der Waals surface area (Å²) in [6, 6.07) is 7.42. The molecule has 0 saturated carbocycles. The quantitative estimate of drug-likeness (QED) is 0.120. The number of aromatic hydroxyl groups is 3. The van der Waals surface area contributed by atoms with Crippen LogP contribution in [-0.2, 0) is 9.47 Å². The number of hydrogen-bond acceptors (Lipinski definition) is 14. The second kappa shape index (κ2) is 11.6. The summed E-state index contributed by atoms with van der Waals surface area (Å²) in [5.41, 5.74) is 0.127. The number of phenolic OH excluding ortho intramolecular Hbond substituents is 3. The molecule has 0 amide bonds. The fourth-order valence-electron chi connectivity index (χ4n) is 4.73. The Bertz CT molecular complexity index is 1430. The summed E-state index contributed by atoms with van der Waals surface area (Å²) >= 11 is 0. The van der Waals surface area contributed by atoms with Crippen LogP contribution < -0.4 is 9.47 Å². The molecule has 2 aromatic carbocycles. The van der Waals surface area contributed by atoms with E-state index in [0.29, 0.717) is 0 Å². The standard InChI is InChI=1S/C27H30O15/c1-9-19(32)21(34)23(36)26(38-9)39-11-5-14(30)12-7-17(41-27-24(37)22(35)20(33)18(8-28)42-27)25(40-16(12)6-11)10-2-3-13(29)15(31)4-10/h2-7,9,18-24,26-28,32-37H,8H2,1H3,(H2-,29,30,31)/p+1/t9?,18?,19-,20+,21-,22?,23?,24?,26-,27+/m0/s1. The fraction of sp³-hybridized carbons (Fsp3) is 0.444. The average molecular weight is 596 g/mol. The van der Waals surface area contributed by atoms with E-state index in [9.17, 15) is 51.1 Å². The van der Waals surface area contributed by atoms with E-state index >= 15 is 0 Å². The zero-order valence-electron chi connectivity index (χ0n) is 22.0. The highest BCUT2D eigenvalue weighted by atomic mass is 16.7. The molecule has 5 rings (SSSR count). The smallest absolute Gasteiger partial charge is 0.402 e. The van der Waals surface area contributed by atoms with Gasteiger partial charge in [-0.25, -0.2) is 4.42 Å². The van der Waals surface area contributed by atoms with E-state index in [-0.39, 0.29) is 33.8 Å². The van der Waals surface area contributed by atoms with Gasteiger partial charge in [0.1, 0.15) is 59.6 Å². The molecule has 10 N–H and O–H groups in total. The van der Waals surface area contributed by atoms with Crippen molar-refractivity contribution < 1.29 is 74.4 Å². The third kappa shape index (κ3) is 5.49. The van der Waals surface area contributed by atoms with Crippen molar-refractivity contribution in [3.05, 3.63) is 36.4 Å². The van der Waals surface area contributed by atoms with Gasteiger partial charge in [0.15, 0.2) is 11.5 Å². The Labute approximate surface area is 237 Å². The summed E-state index contributed by atoms with van der Waals surface area (Å²) in [6.45, 7) is 0.767. The van der Waals surface area contributed by atoms with Crippen molar-refractivity contribution in [2.45, 2.75) is 68.3 Å². The van der Waals surface area contributed by atoms with E-state index in [4.69, 9.17) is 23.4 Å². The van der Waals surface area contributed by atoms with Gasteiger partial charge in [-0.1, -0.05) is 0 Å². The van der Waals surface area contributed by atoms with E-state index < -0.39 is 85.3 Å². The first-order valence-electron chi connectivity index (χ1n) is 12.9. The molecule has 0 aliphatic carbocycles. The lowest BCUT2D eigenvalue weighted by molar-refractivity contribution is -0.277. The Morgan fingerprint density at radius 1 is 0.714 bits per heavy atom. The Hall–Kier alpha value is -3.51. The number of benzene rings is 2. The SMILES string of the molecule is CC1O[C@@H](Oc2cc(O)c3cc(O[C@@H]4OC(CO)[C@@H](O)C(O)C4O)c(-c4ccc(O)c(O)c4)[o+]c3c2)C(O)[C@@H](O)[C@H]1O. The maximum atomic E-state index is 10.8. The van der Waals surface area contributed by atoms with E-state index in [1.807, 2.05) is 0 Å². The monoisotopic (exact) mass is 595 g/mol. The minimum absolute atomic E-state index is 0.0207. The summed E-state index contributed by atoms with van der Waals surface area (Å²) in [4.78, 5) is 0. The van der Waals surface area contributed by atoms with Gasteiger partial charge < -0.3 is 70.0 Å². The third-order valence-corrected chi connectivity index (χ3v) is 7.19. The van der Waals surface area contributed by atoms with Crippen LogP contribution in [0.25, 0.3) is 22.3 Å². The number of fused-ring (bicyclic) bond motifs is 1. The van der Waals surface area contributed by atoms with Gasteiger partial charge in [0.25, 0.3) is 0 Å². The third-order valence-electron chi connectivity index (χ3n) is 7.19. The van der Waals surface area contributed by atoms with Gasteiger partial charge in [-0.3, -0.25) is 0 Å². The minimum atomic E-state index is -1.78. The molecule has 15 heteroatoms. The molecule has 3 aromatic rings. The predicted octanol–water partition coefficient (Wildman–Crippen LogP) is -1.12. The zero-order chi connectivity index (χ0) is 30.5. The number of rotatable bonds is 6. The molecular weight excluding hydrogens is 564 g/mol. The summed E-state index contributed by atoms with van der Waals surface area (Å²) in [5.74, 6) is -1.73. The van der Waals surface area contributed by atoms with Crippen LogP contribution in [-0.4, -0.2) is 119 Å². The first kappa shape index (κ1) is 30.0.